The predicted octanol–water partition coefficient (Wildman–Crippen LogP) is 2.79. The highest BCUT2D eigenvalue weighted by atomic mass is 16.5. The summed E-state index contributed by atoms with van der Waals surface area (Å²) in [5.41, 5.74) is 1.78. The number of hydrogen-bond acceptors (Lipinski definition) is 5. The Kier molecular flexibility index (Phi) is 6.74. The second kappa shape index (κ2) is 8.81. The average molecular weight is 374 g/mol. The van der Waals surface area contributed by atoms with Crippen molar-refractivity contribution in [3.05, 3.63) is 51.6 Å². The maximum Gasteiger partial charge on any atom is 0.360 e. The predicted molar refractivity (Wildman–Crippen MR) is 103 cm³/mol. The summed E-state index contributed by atoms with van der Waals surface area (Å²) in [6.45, 7) is 10.0. The van der Waals surface area contributed by atoms with E-state index in [1.54, 1.807) is 6.07 Å². The number of aryl methyl sites for hydroxylation is 3. The molecule has 0 bridgehead atoms. The van der Waals surface area contributed by atoms with Crippen LogP contribution in [0.15, 0.2) is 29.3 Å². The molecule has 1 unspecified atom stereocenters. The zero-order chi connectivity index (χ0) is 20.1. The van der Waals surface area contributed by atoms with Gasteiger partial charge in [0.25, 0.3) is 5.56 Å². The number of aromatic nitrogens is 2. The first-order valence-corrected chi connectivity index (χ1v) is 8.98. The van der Waals surface area contributed by atoms with Gasteiger partial charge in [0.1, 0.15) is 0 Å². The van der Waals surface area contributed by atoms with E-state index < -0.39 is 23.3 Å². The Morgan fingerprint density at radius 2 is 1.96 bits per heavy atom. The Morgan fingerprint density at radius 1 is 1.30 bits per heavy atom. The minimum Gasteiger partial charge on any atom is -0.498 e. The van der Waals surface area contributed by atoms with E-state index in [0.29, 0.717) is 42.7 Å². The molecular weight excluding hydrogens is 348 g/mol. The van der Waals surface area contributed by atoms with E-state index in [0.717, 1.165) is 11.1 Å². The van der Waals surface area contributed by atoms with Crippen LogP contribution in [0.5, 0.6) is 0 Å². The topological polar surface area (TPSA) is 102 Å². The van der Waals surface area contributed by atoms with Crippen LogP contribution in [0.3, 0.4) is 0 Å². The van der Waals surface area contributed by atoms with Crippen molar-refractivity contribution in [2.75, 3.05) is 6.61 Å². The summed E-state index contributed by atoms with van der Waals surface area (Å²) >= 11 is 0. The van der Waals surface area contributed by atoms with E-state index in [1.807, 2.05) is 26.8 Å². The van der Waals surface area contributed by atoms with Crippen molar-refractivity contribution < 1.29 is 19.7 Å². The SMILES string of the molecule is C=C(CC)OCCC(O)CCn1c(=O)c(C(=O)O)nc2cc(C)c(C)cc21. The summed E-state index contributed by atoms with van der Waals surface area (Å²) in [5.74, 6) is -0.698. The van der Waals surface area contributed by atoms with Crippen LogP contribution in [-0.2, 0) is 11.3 Å². The monoisotopic (exact) mass is 374 g/mol. The van der Waals surface area contributed by atoms with Crippen LogP contribution >= 0.6 is 0 Å². The van der Waals surface area contributed by atoms with E-state index in [-0.39, 0.29) is 6.54 Å². The number of carboxylic acid groups (broad SMARTS) is 1. The number of hydrogen-bond donors (Lipinski definition) is 2. The van der Waals surface area contributed by atoms with Crippen molar-refractivity contribution >= 4 is 17.0 Å². The Balaban J connectivity index is 2.26. The van der Waals surface area contributed by atoms with Gasteiger partial charge in [-0.05, 0) is 43.5 Å². The van der Waals surface area contributed by atoms with Crippen molar-refractivity contribution in [1.29, 1.82) is 0 Å². The van der Waals surface area contributed by atoms with E-state index in [2.05, 4.69) is 11.6 Å². The highest BCUT2D eigenvalue weighted by molar-refractivity contribution is 5.88. The van der Waals surface area contributed by atoms with Gasteiger partial charge in [0, 0.05) is 19.4 Å². The van der Waals surface area contributed by atoms with Gasteiger partial charge in [-0.2, -0.15) is 0 Å². The molecule has 7 nitrogen and oxygen atoms in total. The quantitative estimate of drug-likeness (QED) is 0.655. The normalized spacial score (nSPS) is 12.1. The molecule has 146 valence electrons. The van der Waals surface area contributed by atoms with Crippen LogP contribution in [0.4, 0.5) is 0 Å². The molecule has 0 saturated carbocycles. The summed E-state index contributed by atoms with van der Waals surface area (Å²) in [5, 5.41) is 19.5. The lowest BCUT2D eigenvalue weighted by Crippen LogP contribution is -2.30. The summed E-state index contributed by atoms with van der Waals surface area (Å²) in [7, 11) is 0. The van der Waals surface area contributed by atoms with Gasteiger partial charge >= 0.3 is 5.97 Å². The lowest BCUT2D eigenvalue weighted by Gasteiger charge is -2.16. The molecule has 2 aromatic rings. The summed E-state index contributed by atoms with van der Waals surface area (Å²) in [6.07, 6.45) is 0.739. The first-order valence-electron chi connectivity index (χ1n) is 8.98. The molecule has 0 spiro atoms. The molecule has 1 heterocycles. The van der Waals surface area contributed by atoms with Crippen molar-refractivity contribution in [2.24, 2.45) is 0 Å². The van der Waals surface area contributed by atoms with Crippen LogP contribution in [0, 0.1) is 13.8 Å². The minimum atomic E-state index is -1.36. The Labute approximate surface area is 157 Å². The molecule has 0 aliphatic rings. The zero-order valence-electron chi connectivity index (χ0n) is 16.0. The summed E-state index contributed by atoms with van der Waals surface area (Å²) in [6, 6.07) is 3.60. The first kappa shape index (κ1) is 20.6. The van der Waals surface area contributed by atoms with E-state index in [4.69, 9.17) is 4.74 Å². The van der Waals surface area contributed by atoms with Gasteiger partial charge in [-0.1, -0.05) is 13.5 Å². The molecule has 1 atom stereocenters. The van der Waals surface area contributed by atoms with E-state index in [9.17, 15) is 19.8 Å². The second-order valence-electron chi connectivity index (χ2n) is 6.62. The van der Waals surface area contributed by atoms with Crippen molar-refractivity contribution in [3.8, 4) is 0 Å². The van der Waals surface area contributed by atoms with E-state index >= 15 is 0 Å². The number of benzene rings is 1. The lowest BCUT2D eigenvalue weighted by atomic mass is 10.1. The number of nitrogens with zero attached hydrogens (tertiary/aromatic N) is 2. The van der Waals surface area contributed by atoms with Crippen molar-refractivity contribution in [1.82, 2.24) is 9.55 Å². The highest BCUT2D eigenvalue weighted by Crippen LogP contribution is 2.18. The number of allylic oxidation sites excluding steroid dienone is 1. The number of aliphatic hydroxyl groups is 1. The number of carboxylic acids is 1. The van der Waals surface area contributed by atoms with Crippen molar-refractivity contribution in [3.63, 3.8) is 0 Å². The van der Waals surface area contributed by atoms with Gasteiger partial charge in [0.15, 0.2) is 0 Å². The zero-order valence-corrected chi connectivity index (χ0v) is 16.0. The third kappa shape index (κ3) is 4.95. The van der Waals surface area contributed by atoms with Crippen LogP contribution < -0.4 is 5.56 Å². The summed E-state index contributed by atoms with van der Waals surface area (Å²) < 4.78 is 6.76. The number of carbonyl (C=O) groups is 1. The molecule has 0 aliphatic heterocycles. The fraction of sp³-hybridized carbons (Fsp3) is 0.450. The van der Waals surface area contributed by atoms with Crippen LogP contribution in [0.1, 0.15) is 47.8 Å². The molecule has 0 fully saturated rings. The molecule has 0 amide bonds. The van der Waals surface area contributed by atoms with Gasteiger partial charge in [-0.25, -0.2) is 9.78 Å². The molecule has 0 aliphatic carbocycles. The highest BCUT2D eigenvalue weighted by Gasteiger charge is 2.18. The van der Waals surface area contributed by atoms with Crippen LogP contribution in [0.2, 0.25) is 0 Å². The third-order valence-electron chi connectivity index (χ3n) is 4.60. The fourth-order valence-electron chi connectivity index (χ4n) is 2.72. The number of aromatic carboxylic acids is 1. The maximum atomic E-state index is 12.6. The number of ether oxygens (including phenoxy) is 1. The average Bonchev–Trinajstić information content (AvgIpc) is 2.61. The van der Waals surface area contributed by atoms with Gasteiger partial charge in [-0.3, -0.25) is 4.79 Å². The van der Waals surface area contributed by atoms with Crippen LogP contribution in [0.25, 0.3) is 11.0 Å². The molecule has 0 saturated heterocycles. The molecule has 1 aromatic carbocycles. The largest absolute Gasteiger partial charge is 0.498 e. The van der Waals surface area contributed by atoms with Gasteiger partial charge in [-0.15, -0.1) is 0 Å². The number of rotatable bonds is 9. The molecule has 2 N–H and O–H groups in total. The maximum absolute atomic E-state index is 12.6. The van der Waals surface area contributed by atoms with Gasteiger partial charge in [0.05, 0.1) is 29.5 Å². The molecular formula is C20H26N2O5. The van der Waals surface area contributed by atoms with Gasteiger partial charge in [0.2, 0.25) is 5.69 Å². The lowest BCUT2D eigenvalue weighted by molar-refractivity contribution is 0.0688. The van der Waals surface area contributed by atoms with E-state index in [1.165, 1.54) is 4.57 Å². The number of fused-ring (bicyclic) bond motifs is 1. The molecule has 1 aromatic heterocycles. The second-order valence-corrected chi connectivity index (χ2v) is 6.62. The molecule has 2 rings (SSSR count). The molecule has 7 heteroatoms. The minimum absolute atomic E-state index is 0.191. The Bertz CT molecular complexity index is 917. The Hall–Kier alpha value is -2.67. The standard InChI is InChI=1S/C20H26N2O5/c1-5-14(4)27-9-7-15(23)6-8-22-17-11-13(3)12(2)10-16(17)21-18(19(22)24)20(25)26/h10-11,15,23H,4-9H2,1-3H3,(H,25,26). The van der Waals surface area contributed by atoms with Crippen LogP contribution in [-0.4, -0.2) is 38.4 Å². The first-order chi connectivity index (χ1) is 12.7. The molecule has 27 heavy (non-hydrogen) atoms. The Morgan fingerprint density at radius 3 is 2.59 bits per heavy atom. The number of aliphatic hydroxyl groups excluding tert-OH is 1. The third-order valence-corrected chi connectivity index (χ3v) is 4.60. The van der Waals surface area contributed by atoms with Crippen molar-refractivity contribution in [2.45, 2.75) is 52.7 Å². The fourth-order valence-corrected chi connectivity index (χ4v) is 2.72. The summed E-state index contributed by atoms with van der Waals surface area (Å²) in [4.78, 5) is 28.0. The molecule has 0 radical (unpaired) electrons. The van der Waals surface area contributed by atoms with Gasteiger partial charge < -0.3 is 19.5 Å². The smallest absolute Gasteiger partial charge is 0.360 e.